The lowest BCUT2D eigenvalue weighted by Crippen LogP contribution is -2.33. The number of ether oxygens (including phenoxy) is 1. The van der Waals surface area contributed by atoms with Crippen LogP contribution in [0, 0.1) is 0 Å². The first-order valence-electron chi connectivity index (χ1n) is 5.96. The molecular weight excluding hydrogens is 216 g/mol. The molecule has 1 amide bonds. The largest absolute Gasteiger partial charge is 0.481 e. The van der Waals surface area contributed by atoms with Crippen LogP contribution in [0.15, 0.2) is 18.2 Å². The molecule has 1 aliphatic rings. The minimum Gasteiger partial charge on any atom is -0.481 e. The van der Waals surface area contributed by atoms with Gasteiger partial charge in [0, 0.05) is 6.04 Å². The number of carbonyl (C=O) groups is 1. The number of amides is 1. The van der Waals surface area contributed by atoms with Gasteiger partial charge in [-0.2, -0.15) is 0 Å². The summed E-state index contributed by atoms with van der Waals surface area (Å²) in [6.07, 6.45) is 1.97. The number of hydrogen-bond acceptors (Lipinski definition) is 3. The van der Waals surface area contributed by atoms with E-state index < -0.39 is 12.0 Å². The molecule has 0 aromatic heterocycles. The van der Waals surface area contributed by atoms with E-state index in [1.165, 1.54) is 11.1 Å². The van der Waals surface area contributed by atoms with Crippen LogP contribution in [0.2, 0.25) is 0 Å². The molecule has 1 aliphatic carbocycles. The minimum absolute atomic E-state index is 0.136. The van der Waals surface area contributed by atoms with E-state index in [-0.39, 0.29) is 6.04 Å². The third-order valence-corrected chi connectivity index (χ3v) is 3.21. The number of nitrogens with two attached hydrogens (primary N) is 2. The first-order chi connectivity index (χ1) is 8.11. The average Bonchev–Trinajstić information content (AvgIpc) is 2.67. The van der Waals surface area contributed by atoms with Crippen LogP contribution in [0.5, 0.6) is 5.75 Å². The van der Waals surface area contributed by atoms with E-state index in [4.69, 9.17) is 16.2 Å². The Labute approximate surface area is 101 Å². The summed E-state index contributed by atoms with van der Waals surface area (Å²) in [6.45, 7) is 1.87. The number of rotatable bonds is 4. The van der Waals surface area contributed by atoms with Gasteiger partial charge in [0.25, 0.3) is 5.91 Å². The van der Waals surface area contributed by atoms with Crippen LogP contribution in [0.3, 0.4) is 0 Å². The summed E-state index contributed by atoms with van der Waals surface area (Å²) in [4.78, 5) is 11.1. The van der Waals surface area contributed by atoms with Gasteiger partial charge in [-0.3, -0.25) is 4.79 Å². The smallest absolute Gasteiger partial charge is 0.258 e. The summed E-state index contributed by atoms with van der Waals surface area (Å²) in [5.74, 6) is 0.271. The molecule has 4 N–H and O–H groups in total. The molecule has 1 aromatic rings. The van der Waals surface area contributed by atoms with Gasteiger partial charge in [0.1, 0.15) is 5.75 Å². The van der Waals surface area contributed by atoms with Crippen LogP contribution >= 0.6 is 0 Å². The predicted molar refractivity (Wildman–Crippen MR) is 65.6 cm³/mol. The lowest BCUT2D eigenvalue weighted by molar-refractivity contribution is -0.124. The Morgan fingerprint density at radius 2 is 2.35 bits per heavy atom. The first-order valence-corrected chi connectivity index (χ1v) is 5.96. The highest BCUT2D eigenvalue weighted by atomic mass is 16.5. The highest BCUT2D eigenvalue weighted by molar-refractivity contribution is 5.79. The summed E-state index contributed by atoms with van der Waals surface area (Å²) >= 11 is 0. The van der Waals surface area contributed by atoms with Crippen molar-refractivity contribution in [3.05, 3.63) is 29.3 Å². The molecule has 92 valence electrons. The second-order valence-corrected chi connectivity index (χ2v) is 4.42. The topological polar surface area (TPSA) is 78.3 Å². The fraction of sp³-hybridized carbons (Fsp3) is 0.462. The van der Waals surface area contributed by atoms with E-state index in [2.05, 4.69) is 0 Å². The molecule has 0 saturated carbocycles. The zero-order valence-corrected chi connectivity index (χ0v) is 9.98. The quantitative estimate of drug-likeness (QED) is 0.823. The van der Waals surface area contributed by atoms with Crippen molar-refractivity contribution >= 4 is 5.91 Å². The molecule has 4 heteroatoms. The molecule has 0 radical (unpaired) electrons. The van der Waals surface area contributed by atoms with E-state index in [0.29, 0.717) is 12.2 Å². The molecule has 17 heavy (non-hydrogen) atoms. The minimum atomic E-state index is -0.553. The molecule has 1 unspecified atom stereocenters. The van der Waals surface area contributed by atoms with E-state index >= 15 is 0 Å². The van der Waals surface area contributed by atoms with Crippen LogP contribution in [0.25, 0.3) is 0 Å². The van der Waals surface area contributed by atoms with Gasteiger partial charge < -0.3 is 16.2 Å². The van der Waals surface area contributed by atoms with Gasteiger partial charge >= 0.3 is 0 Å². The average molecular weight is 234 g/mol. The van der Waals surface area contributed by atoms with Crippen molar-refractivity contribution in [1.29, 1.82) is 0 Å². The maximum Gasteiger partial charge on any atom is 0.258 e. The third-order valence-electron chi connectivity index (χ3n) is 3.21. The maximum absolute atomic E-state index is 11.1. The zero-order valence-electron chi connectivity index (χ0n) is 9.98. The van der Waals surface area contributed by atoms with Crippen LogP contribution < -0.4 is 16.2 Å². The van der Waals surface area contributed by atoms with Crippen molar-refractivity contribution in [3.63, 3.8) is 0 Å². The van der Waals surface area contributed by atoms with E-state index in [9.17, 15) is 4.79 Å². The monoisotopic (exact) mass is 234 g/mol. The SMILES string of the molecule is CCC(Oc1ccc2c(c1)CC[C@@H]2N)C(N)=O. The number of primary amides is 1. The summed E-state index contributed by atoms with van der Waals surface area (Å²) < 4.78 is 5.57. The fourth-order valence-corrected chi connectivity index (χ4v) is 2.21. The number of aryl methyl sites for hydroxylation is 1. The highest BCUT2D eigenvalue weighted by Gasteiger charge is 2.20. The van der Waals surface area contributed by atoms with Crippen molar-refractivity contribution in [1.82, 2.24) is 0 Å². The number of fused-ring (bicyclic) bond motifs is 1. The Hall–Kier alpha value is -1.55. The molecule has 0 spiro atoms. The zero-order chi connectivity index (χ0) is 12.4. The van der Waals surface area contributed by atoms with Gasteiger partial charge in [0.05, 0.1) is 0 Å². The van der Waals surface area contributed by atoms with Gasteiger partial charge in [-0.25, -0.2) is 0 Å². The normalized spacial score (nSPS) is 19.8. The lowest BCUT2D eigenvalue weighted by atomic mass is 10.1. The second kappa shape index (κ2) is 4.75. The van der Waals surface area contributed by atoms with Gasteiger partial charge in [0.15, 0.2) is 6.10 Å². The van der Waals surface area contributed by atoms with E-state index in [0.717, 1.165) is 12.8 Å². The van der Waals surface area contributed by atoms with Gasteiger partial charge in [-0.15, -0.1) is 0 Å². The van der Waals surface area contributed by atoms with E-state index in [1.807, 2.05) is 25.1 Å². The van der Waals surface area contributed by atoms with Crippen LogP contribution in [-0.4, -0.2) is 12.0 Å². The summed E-state index contributed by atoms with van der Waals surface area (Å²) in [6, 6.07) is 5.94. The van der Waals surface area contributed by atoms with Crippen LogP contribution in [0.4, 0.5) is 0 Å². The number of carbonyl (C=O) groups excluding carboxylic acids is 1. The Morgan fingerprint density at radius 3 is 3.00 bits per heavy atom. The molecule has 1 aromatic carbocycles. The Kier molecular flexibility index (Phi) is 3.33. The van der Waals surface area contributed by atoms with Gasteiger partial charge in [0.2, 0.25) is 0 Å². The first kappa shape index (κ1) is 11.9. The second-order valence-electron chi connectivity index (χ2n) is 4.42. The predicted octanol–water partition coefficient (Wildman–Crippen LogP) is 1.28. The highest BCUT2D eigenvalue weighted by Crippen LogP contribution is 2.32. The van der Waals surface area contributed by atoms with Crippen molar-refractivity contribution in [2.75, 3.05) is 0 Å². The maximum atomic E-state index is 11.1. The third kappa shape index (κ3) is 2.42. The molecule has 0 fully saturated rings. The molecule has 4 nitrogen and oxygen atoms in total. The number of hydrogen-bond donors (Lipinski definition) is 2. The molecule has 0 bridgehead atoms. The summed E-state index contributed by atoms with van der Waals surface area (Å²) in [5.41, 5.74) is 13.6. The van der Waals surface area contributed by atoms with Gasteiger partial charge in [-0.1, -0.05) is 13.0 Å². The standard InChI is InChI=1S/C13H18N2O2/c1-2-12(13(15)16)17-9-4-5-10-8(7-9)3-6-11(10)14/h4-5,7,11-12H,2-3,6,14H2,1H3,(H2,15,16)/t11-,12?/m0/s1. The fourth-order valence-electron chi connectivity index (χ4n) is 2.21. The van der Waals surface area contributed by atoms with Crippen LogP contribution in [-0.2, 0) is 11.2 Å². The Bertz CT molecular complexity index is 431. The molecule has 2 rings (SSSR count). The van der Waals surface area contributed by atoms with Crippen molar-refractivity contribution in [2.45, 2.75) is 38.3 Å². The van der Waals surface area contributed by atoms with Crippen molar-refractivity contribution < 1.29 is 9.53 Å². The molecule has 2 atom stereocenters. The molecule has 0 saturated heterocycles. The Morgan fingerprint density at radius 1 is 1.59 bits per heavy atom. The lowest BCUT2D eigenvalue weighted by Gasteiger charge is -2.15. The van der Waals surface area contributed by atoms with Crippen molar-refractivity contribution in [3.8, 4) is 5.75 Å². The summed E-state index contributed by atoms with van der Waals surface area (Å²) in [7, 11) is 0. The molecular formula is C13H18N2O2. The molecule has 0 aliphatic heterocycles. The van der Waals surface area contributed by atoms with E-state index in [1.54, 1.807) is 0 Å². The number of benzene rings is 1. The Balaban J connectivity index is 2.16. The molecule has 0 heterocycles. The summed E-state index contributed by atoms with van der Waals surface area (Å²) in [5, 5.41) is 0. The van der Waals surface area contributed by atoms with Gasteiger partial charge in [-0.05, 0) is 42.5 Å². The van der Waals surface area contributed by atoms with Crippen molar-refractivity contribution in [2.24, 2.45) is 11.5 Å². The van der Waals surface area contributed by atoms with Crippen LogP contribution in [0.1, 0.15) is 36.9 Å².